The zero-order chi connectivity index (χ0) is 14.3. The Labute approximate surface area is 113 Å². The molecule has 0 bridgehead atoms. The summed E-state index contributed by atoms with van der Waals surface area (Å²) in [5.41, 5.74) is 1.93. The van der Waals surface area contributed by atoms with Crippen LogP contribution in [0.5, 0.6) is 0 Å². The molecular weight excluding hydrogens is 244 g/mol. The number of aliphatic carboxylic acids is 1. The Kier molecular flexibility index (Phi) is 5.85. The Balaban J connectivity index is 2.36. The molecule has 0 heterocycles. The Bertz CT molecular complexity index is 429. The predicted molar refractivity (Wildman–Crippen MR) is 74.3 cm³/mol. The molecule has 0 radical (unpaired) electrons. The van der Waals surface area contributed by atoms with Crippen molar-refractivity contribution >= 4 is 17.7 Å². The van der Waals surface area contributed by atoms with Crippen molar-refractivity contribution < 1.29 is 14.7 Å². The predicted octanol–water partition coefficient (Wildman–Crippen LogP) is 2.48. The molecule has 0 aliphatic rings. The van der Waals surface area contributed by atoms with Crippen molar-refractivity contribution in [1.29, 1.82) is 0 Å². The summed E-state index contributed by atoms with van der Waals surface area (Å²) in [5.74, 6) is -0.949. The quantitative estimate of drug-likeness (QED) is 0.738. The van der Waals surface area contributed by atoms with Crippen LogP contribution in [0.25, 0.3) is 0 Å². The number of aryl methyl sites for hydroxylation is 1. The lowest BCUT2D eigenvalue weighted by molar-refractivity contribution is -0.137. The number of amides is 2. The average Bonchev–Trinajstić information content (AvgIpc) is 2.36. The fourth-order valence-corrected chi connectivity index (χ4v) is 1.64. The molecule has 0 aliphatic heterocycles. The number of anilines is 1. The number of carbonyl (C=O) groups is 2. The maximum Gasteiger partial charge on any atom is 0.319 e. The van der Waals surface area contributed by atoms with E-state index in [-0.39, 0.29) is 18.4 Å². The van der Waals surface area contributed by atoms with E-state index in [0.717, 1.165) is 12.1 Å². The molecule has 19 heavy (non-hydrogen) atoms. The first-order valence-corrected chi connectivity index (χ1v) is 6.36. The molecule has 1 unspecified atom stereocenters. The van der Waals surface area contributed by atoms with E-state index in [4.69, 9.17) is 5.11 Å². The van der Waals surface area contributed by atoms with E-state index < -0.39 is 5.97 Å². The second kappa shape index (κ2) is 7.41. The van der Waals surface area contributed by atoms with Gasteiger partial charge in [-0.15, -0.1) is 0 Å². The van der Waals surface area contributed by atoms with Gasteiger partial charge in [-0.2, -0.15) is 0 Å². The van der Waals surface area contributed by atoms with Gasteiger partial charge in [0, 0.05) is 18.7 Å². The molecule has 5 nitrogen and oxygen atoms in total. The molecule has 0 fully saturated rings. The number of urea groups is 1. The Morgan fingerprint density at radius 2 is 1.89 bits per heavy atom. The fourth-order valence-electron chi connectivity index (χ4n) is 1.64. The van der Waals surface area contributed by atoms with E-state index >= 15 is 0 Å². The largest absolute Gasteiger partial charge is 0.481 e. The van der Waals surface area contributed by atoms with Gasteiger partial charge in [-0.25, -0.2) is 4.79 Å². The normalized spacial score (nSPS) is 11.7. The summed E-state index contributed by atoms with van der Waals surface area (Å²) < 4.78 is 0. The molecule has 1 aromatic carbocycles. The lowest BCUT2D eigenvalue weighted by atomic mass is 10.1. The first kappa shape index (κ1) is 15.0. The summed E-state index contributed by atoms with van der Waals surface area (Å²) in [6, 6.07) is 7.30. The number of hydrogen-bond acceptors (Lipinski definition) is 2. The highest BCUT2D eigenvalue weighted by molar-refractivity contribution is 5.89. The lowest BCUT2D eigenvalue weighted by Gasteiger charge is -2.11. The molecule has 1 aromatic rings. The maximum absolute atomic E-state index is 11.6. The highest BCUT2D eigenvalue weighted by atomic mass is 16.4. The van der Waals surface area contributed by atoms with Gasteiger partial charge in [0.15, 0.2) is 0 Å². The van der Waals surface area contributed by atoms with Crippen LogP contribution >= 0.6 is 0 Å². The maximum atomic E-state index is 11.6. The number of benzene rings is 1. The third-order valence-electron chi connectivity index (χ3n) is 2.75. The molecule has 0 saturated carbocycles. The van der Waals surface area contributed by atoms with Gasteiger partial charge in [-0.1, -0.05) is 26.0 Å². The minimum atomic E-state index is -0.857. The van der Waals surface area contributed by atoms with Gasteiger partial charge in [0.05, 0.1) is 0 Å². The molecule has 0 aliphatic carbocycles. The summed E-state index contributed by atoms with van der Waals surface area (Å²) >= 11 is 0. The van der Waals surface area contributed by atoms with Crippen molar-refractivity contribution in [3.63, 3.8) is 0 Å². The van der Waals surface area contributed by atoms with Crippen molar-refractivity contribution in [2.45, 2.75) is 26.7 Å². The van der Waals surface area contributed by atoms with Crippen molar-refractivity contribution in [2.75, 3.05) is 11.9 Å². The highest BCUT2D eigenvalue weighted by Gasteiger charge is 2.09. The summed E-state index contributed by atoms with van der Waals surface area (Å²) in [5, 5.41) is 14.0. The smallest absolute Gasteiger partial charge is 0.319 e. The van der Waals surface area contributed by atoms with Crippen LogP contribution in [0.4, 0.5) is 10.5 Å². The van der Waals surface area contributed by atoms with Crippen molar-refractivity contribution in [3.05, 3.63) is 29.8 Å². The van der Waals surface area contributed by atoms with Crippen LogP contribution in [0.2, 0.25) is 0 Å². The third-order valence-corrected chi connectivity index (χ3v) is 2.75. The lowest BCUT2D eigenvalue weighted by Crippen LogP contribution is -2.32. The second-order valence-corrected chi connectivity index (χ2v) is 4.59. The Hall–Kier alpha value is -2.04. The van der Waals surface area contributed by atoms with Gasteiger partial charge in [0.2, 0.25) is 0 Å². The summed E-state index contributed by atoms with van der Waals surface area (Å²) in [6.07, 6.45) is 1.00. The monoisotopic (exact) mass is 264 g/mol. The van der Waals surface area contributed by atoms with Crippen LogP contribution in [-0.4, -0.2) is 23.7 Å². The minimum Gasteiger partial charge on any atom is -0.481 e. The van der Waals surface area contributed by atoms with E-state index in [0.29, 0.717) is 6.54 Å². The SMILES string of the molecule is CCc1ccc(NC(=O)NCC(C)CC(=O)O)cc1. The first-order valence-electron chi connectivity index (χ1n) is 6.36. The average molecular weight is 264 g/mol. The van der Waals surface area contributed by atoms with Gasteiger partial charge in [-0.05, 0) is 30.0 Å². The molecule has 104 valence electrons. The zero-order valence-electron chi connectivity index (χ0n) is 11.3. The van der Waals surface area contributed by atoms with Crippen molar-refractivity contribution in [2.24, 2.45) is 5.92 Å². The first-order chi connectivity index (χ1) is 9.01. The van der Waals surface area contributed by atoms with Crippen LogP contribution in [0.1, 0.15) is 25.8 Å². The van der Waals surface area contributed by atoms with Crippen LogP contribution < -0.4 is 10.6 Å². The summed E-state index contributed by atoms with van der Waals surface area (Å²) in [4.78, 5) is 22.1. The number of carboxylic acid groups (broad SMARTS) is 1. The number of carbonyl (C=O) groups excluding carboxylic acids is 1. The molecule has 1 rings (SSSR count). The van der Waals surface area contributed by atoms with Crippen molar-refractivity contribution in [1.82, 2.24) is 5.32 Å². The number of hydrogen-bond donors (Lipinski definition) is 3. The van der Waals surface area contributed by atoms with E-state index in [9.17, 15) is 9.59 Å². The van der Waals surface area contributed by atoms with Crippen LogP contribution in [0, 0.1) is 5.92 Å². The summed E-state index contributed by atoms with van der Waals surface area (Å²) in [6.45, 7) is 4.19. The number of nitrogens with one attached hydrogen (secondary N) is 2. The molecule has 2 amide bonds. The minimum absolute atomic E-state index is 0.0471. The number of rotatable bonds is 6. The molecule has 5 heteroatoms. The topological polar surface area (TPSA) is 78.4 Å². The van der Waals surface area contributed by atoms with E-state index in [2.05, 4.69) is 17.6 Å². The third kappa shape index (κ3) is 5.90. The van der Waals surface area contributed by atoms with Gasteiger partial charge < -0.3 is 15.7 Å². The molecule has 0 aromatic heterocycles. The highest BCUT2D eigenvalue weighted by Crippen LogP contribution is 2.09. The Morgan fingerprint density at radius 1 is 1.26 bits per heavy atom. The van der Waals surface area contributed by atoms with Crippen molar-refractivity contribution in [3.8, 4) is 0 Å². The van der Waals surface area contributed by atoms with Gasteiger partial charge >= 0.3 is 12.0 Å². The fraction of sp³-hybridized carbons (Fsp3) is 0.429. The van der Waals surface area contributed by atoms with E-state index in [1.807, 2.05) is 24.3 Å². The van der Waals surface area contributed by atoms with Crippen LogP contribution in [-0.2, 0) is 11.2 Å². The standard InChI is InChI=1S/C14H20N2O3/c1-3-11-4-6-12(7-5-11)16-14(19)15-9-10(2)8-13(17)18/h4-7,10H,3,8-9H2,1-2H3,(H,17,18)(H2,15,16,19). The van der Waals surface area contributed by atoms with Crippen LogP contribution in [0.15, 0.2) is 24.3 Å². The van der Waals surface area contributed by atoms with Gasteiger partial charge in [0.25, 0.3) is 0 Å². The van der Waals surface area contributed by atoms with Gasteiger partial charge in [0.1, 0.15) is 0 Å². The van der Waals surface area contributed by atoms with E-state index in [1.165, 1.54) is 5.56 Å². The molecule has 0 saturated heterocycles. The zero-order valence-corrected chi connectivity index (χ0v) is 11.3. The molecule has 0 spiro atoms. The molecular formula is C14H20N2O3. The van der Waals surface area contributed by atoms with Crippen LogP contribution in [0.3, 0.4) is 0 Å². The Morgan fingerprint density at radius 3 is 2.42 bits per heavy atom. The summed E-state index contributed by atoms with van der Waals surface area (Å²) in [7, 11) is 0. The van der Waals surface area contributed by atoms with E-state index in [1.54, 1.807) is 6.92 Å². The number of carboxylic acids is 1. The van der Waals surface area contributed by atoms with Gasteiger partial charge in [-0.3, -0.25) is 4.79 Å². The second-order valence-electron chi connectivity index (χ2n) is 4.59. The molecule has 3 N–H and O–H groups in total. The molecule has 1 atom stereocenters.